The third kappa shape index (κ3) is 1.80. The highest BCUT2D eigenvalue weighted by Gasteiger charge is 2.67. The van der Waals surface area contributed by atoms with Gasteiger partial charge in [0.05, 0.1) is 12.0 Å². The lowest BCUT2D eigenvalue weighted by atomic mass is 9.72. The molecule has 0 radical (unpaired) electrons. The van der Waals surface area contributed by atoms with Crippen LogP contribution in [0.4, 0.5) is 5.69 Å². The summed E-state index contributed by atoms with van der Waals surface area (Å²) >= 11 is 0. The number of phenols is 2. The van der Waals surface area contributed by atoms with Crippen LogP contribution in [0.5, 0.6) is 11.5 Å². The molecule has 2 fully saturated rings. The van der Waals surface area contributed by atoms with Crippen LogP contribution in [-0.2, 0) is 14.4 Å². The van der Waals surface area contributed by atoms with Crippen LogP contribution in [0, 0.1) is 5.92 Å². The molecule has 1 aromatic carbocycles. The monoisotopic (exact) mass is 320 g/mol. The van der Waals surface area contributed by atoms with Gasteiger partial charge in [-0.05, 0) is 6.42 Å². The predicted molar refractivity (Wildman–Crippen MR) is 78.6 cm³/mol. The summed E-state index contributed by atoms with van der Waals surface area (Å²) in [5, 5.41) is 29.5. The summed E-state index contributed by atoms with van der Waals surface area (Å²) in [6.07, 6.45) is 2.34. The summed E-state index contributed by atoms with van der Waals surface area (Å²) in [7, 11) is 0. The van der Waals surface area contributed by atoms with Crippen molar-refractivity contribution in [2.24, 2.45) is 5.92 Å². The van der Waals surface area contributed by atoms with Crippen LogP contribution in [0.1, 0.15) is 37.2 Å². The van der Waals surface area contributed by atoms with Gasteiger partial charge >= 0.3 is 11.9 Å². The molecule has 3 aliphatic rings. The fourth-order valence-electron chi connectivity index (χ4n) is 4.68. The average molecular weight is 320 g/mol. The maximum absolute atomic E-state index is 12.5. The van der Waals surface area contributed by atoms with Crippen molar-refractivity contribution in [2.75, 3.05) is 6.54 Å². The van der Waals surface area contributed by atoms with E-state index in [4.69, 9.17) is 4.84 Å². The number of carbonyl (C=O) groups excluding carboxylic acids is 1. The first-order valence-corrected chi connectivity index (χ1v) is 7.83. The van der Waals surface area contributed by atoms with E-state index in [2.05, 4.69) is 0 Å². The van der Waals surface area contributed by atoms with E-state index in [1.807, 2.05) is 0 Å². The van der Waals surface area contributed by atoms with Crippen LogP contribution in [0.3, 0.4) is 0 Å². The zero-order chi connectivity index (χ0) is 16.4. The van der Waals surface area contributed by atoms with Gasteiger partial charge in [0.15, 0.2) is 5.69 Å². The number of carboxylic acids is 1. The molecule has 0 spiro atoms. The number of quaternary nitrogens is 1. The Morgan fingerprint density at radius 3 is 2.83 bits per heavy atom. The van der Waals surface area contributed by atoms with Crippen LogP contribution in [0.25, 0.3) is 0 Å². The normalized spacial score (nSPS) is 34.4. The molecular weight excluding hydrogens is 302 g/mol. The zero-order valence-corrected chi connectivity index (χ0v) is 12.4. The number of hydrogen-bond donors (Lipinski definition) is 3. The van der Waals surface area contributed by atoms with Gasteiger partial charge in [-0.25, -0.2) is 4.79 Å². The van der Waals surface area contributed by atoms with Crippen molar-refractivity contribution in [1.82, 2.24) is 4.65 Å². The molecule has 0 saturated carbocycles. The molecule has 4 rings (SSSR count). The predicted octanol–water partition coefficient (Wildman–Crippen LogP) is 1.62. The van der Waals surface area contributed by atoms with Gasteiger partial charge in [-0.1, -0.05) is 4.65 Å². The number of carboxylic acid groups (broad SMARTS) is 1. The van der Waals surface area contributed by atoms with E-state index in [0.717, 1.165) is 19.3 Å². The topological polar surface area (TPSA) is 104 Å². The Bertz CT molecular complexity index is 717. The van der Waals surface area contributed by atoms with Crippen LogP contribution in [-0.4, -0.2) is 39.8 Å². The van der Waals surface area contributed by atoms with Gasteiger partial charge in [0, 0.05) is 30.9 Å². The maximum atomic E-state index is 12.5. The number of piperidine rings is 1. The lowest BCUT2D eigenvalue weighted by Crippen LogP contribution is -2.59. The molecule has 4 unspecified atom stereocenters. The molecule has 3 heterocycles. The van der Waals surface area contributed by atoms with Gasteiger partial charge in [0.2, 0.25) is 0 Å². The van der Waals surface area contributed by atoms with Crippen molar-refractivity contribution in [3.05, 3.63) is 17.7 Å². The van der Waals surface area contributed by atoms with Gasteiger partial charge in [-0.2, -0.15) is 0 Å². The van der Waals surface area contributed by atoms with E-state index in [1.165, 1.54) is 12.1 Å². The van der Waals surface area contributed by atoms with Crippen LogP contribution in [0.2, 0.25) is 0 Å². The van der Waals surface area contributed by atoms with Gasteiger partial charge in [0.1, 0.15) is 30.0 Å². The van der Waals surface area contributed by atoms with Crippen molar-refractivity contribution in [2.45, 2.75) is 37.6 Å². The largest absolute Gasteiger partial charge is 0.508 e. The number of aliphatic carboxylic acids is 1. The minimum absolute atomic E-state index is 0.0170. The Balaban J connectivity index is 1.98. The van der Waals surface area contributed by atoms with Crippen LogP contribution in [0.15, 0.2) is 12.1 Å². The molecule has 0 amide bonds. The summed E-state index contributed by atoms with van der Waals surface area (Å²) in [4.78, 5) is 29.5. The summed E-state index contributed by atoms with van der Waals surface area (Å²) in [5.41, 5.74) is 0.958. The van der Waals surface area contributed by atoms with Gasteiger partial charge in [-0.3, -0.25) is 9.63 Å². The molecular formula is C16H18NO6+. The van der Waals surface area contributed by atoms with Crippen molar-refractivity contribution in [3.8, 4) is 11.5 Å². The third-order valence-corrected chi connectivity index (χ3v) is 5.44. The molecule has 23 heavy (non-hydrogen) atoms. The molecule has 2 bridgehead atoms. The number of fused-ring (bicyclic) bond motifs is 1. The second-order valence-corrected chi connectivity index (χ2v) is 6.62. The molecule has 3 N–H and O–H groups in total. The minimum atomic E-state index is -1.02. The smallest absolute Gasteiger partial charge is 0.377 e. The van der Waals surface area contributed by atoms with E-state index < -0.39 is 23.8 Å². The Kier molecular flexibility index (Phi) is 2.87. The zero-order valence-electron chi connectivity index (χ0n) is 12.4. The fourth-order valence-corrected chi connectivity index (χ4v) is 4.68. The number of rotatable bonds is 2. The average Bonchev–Trinajstić information content (AvgIpc) is 2.72. The number of carbonyl (C=O) groups is 2. The number of phenolic OH excluding ortho intramolecular Hbond substituents is 2. The molecule has 1 aromatic rings. The minimum Gasteiger partial charge on any atom is -0.508 e. The van der Waals surface area contributed by atoms with Gasteiger partial charge in [0.25, 0.3) is 0 Å². The first kappa shape index (κ1) is 14.3. The quantitative estimate of drug-likeness (QED) is 0.715. The molecule has 7 nitrogen and oxygen atoms in total. The van der Waals surface area contributed by atoms with Gasteiger partial charge < -0.3 is 15.3 Å². The fraction of sp³-hybridized carbons (Fsp3) is 0.500. The second-order valence-electron chi connectivity index (χ2n) is 6.62. The van der Waals surface area contributed by atoms with Crippen LogP contribution < -0.4 is 4.65 Å². The molecule has 0 aromatic heterocycles. The molecule has 2 saturated heterocycles. The number of aromatic hydroxyl groups is 2. The first-order valence-electron chi connectivity index (χ1n) is 7.83. The first-order chi connectivity index (χ1) is 10.9. The van der Waals surface area contributed by atoms with Crippen molar-refractivity contribution < 1.29 is 29.7 Å². The number of nitrogens with zero attached hydrogens (tertiary/aromatic N) is 1. The molecule has 3 aliphatic heterocycles. The van der Waals surface area contributed by atoms with E-state index in [0.29, 0.717) is 17.8 Å². The van der Waals surface area contributed by atoms with Crippen molar-refractivity contribution in [3.63, 3.8) is 0 Å². The van der Waals surface area contributed by atoms with E-state index in [-0.39, 0.29) is 28.6 Å². The number of benzene rings is 1. The Morgan fingerprint density at radius 2 is 2.09 bits per heavy atom. The molecule has 4 atom stereocenters. The second kappa shape index (κ2) is 4.61. The maximum Gasteiger partial charge on any atom is 0.377 e. The lowest BCUT2D eigenvalue weighted by molar-refractivity contribution is -0.174. The van der Waals surface area contributed by atoms with E-state index in [9.17, 15) is 24.9 Å². The van der Waals surface area contributed by atoms with E-state index >= 15 is 0 Å². The number of hydrogen-bond acceptors (Lipinski definition) is 5. The summed E-state index contributed by atoms with van der Waals surface area (Å²) < 4.78 is -0.0170. The lowest BCUT2D eigenvalue weighted by Gasteiger charge is -2.43. The Morgan fingerprint density at radius 1 is 1.30 bits per heavy atom. The van der Waals surface area contributed by atoms with Gasteiger partial charge in [-0.15, -0.1) is 0 Å². The molecule has 0 aliphatic carbocycles. The summed E-state index contributed by atoms with van der Waals surface area (Å²) in [6.45, 7) is 0.586. The third-order valence-electron chi connectivity index (χ3n) is 5.44. The highest BCUT2D eigenvalue weighted by molar-refractivity contribution is 5.84. The highest BCUT2D eigenvalue weighted by Crippen LogP contribution is 2.58. The number of hydroxylamine groups is 2. The summed E-state index contributed by atoms with van der Waals surface area (Å²) in [5.74, 6) is -2.91. The van der Waals surface area contributed by atoms with Crippen molar-refractivity contribution >= 4 is 17.6 Å². The highest BCUT2D eigenvalue weighted by atomic mass is 16.8. The molecule has 7 heteroatoms. The standard InChI is InChI=1S/C16H17NO6/c18-8-5-11-14(12(19)6-8)9(7-13(20)21)15-10-3-1-2-4-17(10,11)23-16(15)22/h5-6,9-10,15H,1-4,7H2,(H2-,18,19,20,21)/p+1. The SMILES string of the molecule is O=C(O)CC1c2c(O)cc(O)cc2[N+]23CCCCC2C1C(=O)O3. The Labute approximate surface area is 132 Å². The molecule has 122 valence electrons. The van der Waals surface area contributed by atoms with Crippen LogP contribution >= 0.6 is 0 Å². The van der Waals surface area contributed by atoms with Crippen molar-refractivity contribution in [1.29, 1.82) is 0 Å². The van der Waals surface area contributed by atoms with E-state index in [1.54, 1.807) is 0 Å². The Hall–Kier alpha value is -2.28. The summed E-state index contributed by atoms with van der Waals surface area (Å²) in [6, 6.07) is 2.55.